The molecule has 1 N–H and O–H groups in total. The van der Waals surface area contributed by atoms with E-state index >= 15 is 0 Å². The van der Waals surface area contributed by atoms with Gasteiger partial charge in [-0.15, -0.1) is 0 Å². The summed E-state index contributed by atoms with van der Waals surface area (Å²) in [5, 5.41) is 15.4. The standard InChI is InChI=1S/C23H23N3O5/c1-25-13-17(16-10-6-7-11-20(16)25)19(14-26(29)30)23(22(28)31-2)18(12-24-21(23)27)15-8-4-3-5-9-15/h3-11,13,18-19H,12,14H2,1-2H3,(H,24,27). The monoisotopic (exact) mass is 421 g/mol. The summed E-state index contributed by atoms with van der Waals surface area (Å²) >= 11 is 0. The lowest BCUT2D eigenvalue weighted by Gasteiger charge is -2.35. The van der Waals surface area contributed by atoms with Gasteiger partial charge in [0.05, 0.1) is 13.0 Å². The maximum absolute atomic E-state index is 13.4. The molecule has 8 heteroatoms. The second-order valence-electron chi connectivity index (χ2n) is 7.81. The number of nitro groups is 1. The maximum atomic E-state index is 13.4. The largest absolute Gasteiger partial charge is 0.468 e. The zero-order valence-electron chi connectivity index (χ0n) is 17.3. The third kappa shape index (κ3) is 3.15. The first-order valence-corrected chi connectivity index (χ1v) is 9.98. The van der Waals surface area contributed by atoms with Crippen LogP contribution >= 0.6 is 0 Å². The molecule has 1 aliphatic rings. The Kier molecular flexibility index (Phi) is 5.22. The number of carbonyl (C=O) groups excluding carboxylic acids is 2. The Morgan fingerprint density at radius 1 is 1.26 bits per heavy atom. The molecule has 1 aliphatic heterocycles. The molecule has 1 saturated heterocycles. The van der Waals surface area contributed by atoms with Crippen LogP contribution in [0.25, 0.3) is 10.9 Å². The smallest absolute Gasteiger partial charge is 0.322 e. The SMILES string of the molecule is COC(=O)C1(C(C[N+](=O)[O-])c2cn(C)c3ccccc23)C(=O)NCC1c1ccccc1. The van der Waals surface area contributed by atoms with Gasteiger partial charge in [0.25, 0.3) is 0 Å². The van der Waals surface area contributed by atoms with E-state index in [1.807, 2.05) is 66.2 Å². The number of ether oxygens (including phenoxy) is 1. The quantitative estimate of drug-likeness (QED) is 0.285. The fourth-order valence-corrected chi connectivity index (χ4v) is 4.96. The van der Waals surface area contributed by atoms with Crippen molar-refractivity contribution in [2.24, 2.45) is 12.5 Å². The number of fused-ring (bicyclic) bond motifs is 1. The first-order chi connectivity index (χ1) is 14.9. The number of aryl methyl sites for hydroxylation is 1. The topological polar surface area (TPSA) is 103 Å². The van der Waals surface area contributed by atoms with Gasteiger partial charge in [0.15, 0.2) is 5.41 Å². The van der Waals surface area contributed by atoms with E-state index in [0.717, 1.165) is 16.5 Å². The molecule has 0 aliphatic carbocycles. The average molecular weight is 421 g/mol. The van der Waals surface area contributed by atoms with Crippen molar-refractivity contribution in [2.45, 2.75) is 11.8 Å². The highest BCUT2D eigenvalue weighted by atomic mass is 16.6. The van der Waals surface area contributed by atoms with E-state index in [1.165, 1.54) is 7.11 Å². The molecule has 2 heterocycles. The molecule has 2 aromatic carbocycles. The normalized spacial score (nSPS) is 21.6. The molecule has 3 atom stereocenters. The Balaban J connectivity index is 2.01. The number of amides is 1. The van der Waals surface area contributed by atoms with Gasteiger partial charge in [0.1, 0.15) is 0 Å². The Bertz CT molecular complexity index is 1160. The van der Waals surface area contributed by atoms with Gasteiger partial charge in [0.2, 0.25) is 12.5 Å². The van der Waals surface area contributed by atoms with Gasteiger partial charge >= 0.3 is 5.97 Å². The van der Waals surface area contributed by atoms with Gasteiger partial charge in [-0.05, 0) is 17.2 Å². The number of aromatic nitrogens is 1. The number of rotatable bonds is 6. The van der Waals surface area contributed by atoms with Crippen LogP contribution in [0.4, 0.5) is 0 Å². The molecule has 4 rings (SSSR count). The van der Waals surface area contributed by atoms with Crippen LogP contribution in [0.2, 0.25) is 0 Å². The third-order valence-electron chi connectivity index (χ3n) is 6.30. The zero-order valence-corrected chi connectivity index (χ0v) is 17.3. The third-order valence-corrected chi connectivity index (χ3v) is 6.30. The summed E-state index contributed by atoms with van der Waals surface area (Å²) in [5.41, 5.74) is 0.423. The molecule has 31 heavy (non-hydrogen) atoms. The summed E-state index contributed by atoms with van der Waals surface area (Å²) in [6, 6.07) is 16.6. The van der Waals surface area contributed by atoms with Crippen LogP contribution in [0.15, 0.2) is 60.8 Å². The number of carbonyl (C=O) groups is 2. The first kappa shape index (κ1) is 20.6. The lowest BCUT2D eigenvalue weighted by Crippen LogP contribution is -2.49. The average Bonchev–Trinajstić information content (AvgIpc) is 3.30. The molecular weight excluding hydrogens is 398 g/mol. The van der Waals surface area contributed by atoms with Gasteiger partial charge in [-0.1, -0.05) is 48.5 Å². The molecule has 3 unspecified atom stereocenters. The molecule has 3 aromatic rings. The van der Waals surface area contributed by atoms with E-state index in [2.05, 4.69) is 5.32 Å². The molecule has 8 nitrogen and oxygen atoms in total. The highest BCUT2D eigenvalue weighted by Gasteiger charge is 2.64. The van der Waals surface area contributed by atoms with Crippen LogP contribution in [-0.2, 0) is 21.4 Å². The Morgan fingerprint density at radius 2 is 1.94 bits per heavy atom. The Hall–Kier alpha value is -3.68. The van der Waals surface area contributed by atoms with Crippen LogP contribution in [-0.4, -0.2) is 41.6 Å². The van der Waals surface area contributed by atoms with Crippen LogP contribution in [0, 0.1) is 15.5 Å². The Labute approximate surface area is 179 Å². The summed E-state index contributed by atoms with van der Waals surface area (Å²) in [7, 11) is 3.05. The van der Waals surface area contributed by atoms with Gasteiger partial charge in [0, 0.05) is 41.5 Å². The van der Waals surface area contributed by atoms with E-state index in [1.54, 1.807) is 6.20 Å². The van der Waals surface area contributed by atoms with E-state index in [9.17, 15) is 19.7 Å². The highest BCUT2D eigenvalue weighted by Crippen LogP contribution is 2.52. The van der Waals surface area contributed by atoms with Crippen molar-refractivity contribution in [1.29, 1.82) is 0 Å². The van der Waals surface area contributed by atoms with E-state index < -0.39 is 40.6 Å². The molecular formula is C23H23N3O5. The minimum Gasteiger partial charge on any atom is -0.468 e. The maximum Gasteiger partial charge on any atom is 0.322 e. The number of benzene rings is 2. The number of methoxy groups -OCH3 is 1. The predicted octanol–water partition coefficient (Wildman–Crippen LogP) is 2.61. The van der Waals surface area contributed by atoms with Crippen molar-refractivity contribution in [3.8, 4) is 0 Å². The predicted molar refractivity (Wildman–Crippen MR) is 114 cm³/mol. The molecule has 0 bridgehead atoms. The van der Waals surface area contributed by atoms with Crippen molar-refractivity contribution in [3.63, 3.8) is 0 Å². The minimum absolute atomic E-state index is 0.191. The van der Waals surface area contributed by atoms with E-state index in [0.29, 0.717) is 5.56 Å². The molecule has 0 spiro atoms. The molecule has 0 radical (unpaired) electrons. The van der Waals surface area contributed by atoms with Crippen LogP contribution in [0.3, 0.4) is 0 Å². The molecule has 1 aromatic heterocycles. The fourth-order valence-electron chi connectivity index (χ4n) is 4.96. The van der Waals surface area contributed by atoms with Gasteiger partial charge in [-0.25, -0.2) is 0 Å². The number of hydrogen-bond donors (Lipinski definition) is 1. The lowest BCUT2D eigenvalue weighted by atomic mass is 9.63. The van der Waals surface area contributed by atoms with Crippen molar-refractivity contribution in [1.82, 2.24) is 9.88 Å². The number of para-hydroxylation sites is 1. The van der Waals surface area contributed by atoms with Crippen molar-refractivity contribution in [2.75, 3.05) is 20.2 Å². The summed E-state index contributed by atoms with van der Waals surface area (Å²) in [5.74, 6) is -2.95. The van der Waals surface area contributed by atoms with Crippen LogP contribution in [0.5, 0.6) is 0 Å². The second kappa shape index (κ2) is 7.86. The summed E-state index contributed by atoms with van der Waals surface area (Å²) in [6.45, 7) is -0.392. The summed E-state index contributed by atoms with van der Waals surface area (Å²) < 4.78 is 6.99. The van der Waals surface area contributed by atoms with Gasteiger partial charge < -0.3 is 14.6 Å². The summed E-state index contributed by atoms with van der Waals surface area (Å²) in [6.07, 6.45) is 1.77. The van der Waals surface area contributed by atoms with E-state index in [-0.39, 0.29) is 6.54 Å². The van der Waals surface area contributed by atoms with Crippen molar-refractivity contribution >= 4 is 22.8 Å². The fraction of sp³-hybridized carbons (Fsp3) is 0.304. The molecule has 1 amide bonds. The van der Waals surface area contributed by atoms with Gasteiger partial charge in [-0.3, -0.25) is 19.7 Å². The number of nitrogens with zero attached hydrogens (tertiary/aromatic N) is 2. The summed E-state index contributed by atoms with van der Waals surface area (Å²) in [4.78, 5) is 38.1. The van der Waals surface area contributed by atoms with Gasteiger partial charge in [-0.2, -0.15) is 0 Å². The molecule has 160 valence electrons. The van der Waals surface area contributed by atoms with Crippen LogP contribution in [0.1, 0.15) is 23.0 Å². The lowest BCUT2D eigenvalue weighted by molar-refractivity contribution is -0.485. The van der Waals surface area contributed by atoms with Crippen LogP contribution < -0.4 is 5.32 Å². The zero-order chi connectivity index (χ0) is 22.2. The Morgan fingerprint density at radius 3 is 2.61 bits per heavy atom. The second-order valence-corrected chi connectivity index (χ2v) is 7.81. The van der Waals surface area contributed by atoms with Crippen molar-refractivity contribution in [3.05, 3.63) is 82.0 Å². The number of esters is 1. The van der Waals surface area contributed by atoms with Crippen molar-refractivity contribution < 1.29 is 19.2 Å². The number of nitrogens with one attached hydrogen (secondary N) is 1. The molecule has 0 saturated carbocycles. The molecule has 1 fully saturated rings. The van der Waals surface area contributed by atoms with E-state index in [4.69, 9.17) is 4.74 Å². The highest BCUT2D eigenvalue weighted by molar-refractivity contribution is 6.07. The minimum atomic E-state index is -1.77. The first-order valence-electron chi connectivity index (χ1n) is 9.98. The number of hydrogen-bond acceptors (Lipinski definition) is 5.